The summed E-state index contributed by atoms with van der Waals surface area (Å²) < 4.78 is 5.27. The number of nitrogens with one attached hydrogen (secondary N) is 1. The molecule has 1 N–H and O–H groups in total. The van der Waals surface area contributed by atoms with E-state index < -0.39 is 10.8 Å². The first-order valence-electron chi connectivity index (χ1n) is 6.18. The van der Waals surface area contributed by atoms with E-state index in [9.17, 15) is 14.9 Å². The Morgan fingerprint density at radius 1 is 1.13 bits per heavy atom. The topological polar surface area (TPSA) is 81.5 Å². The predicted molar refractivity (Wildman–Crippen MR) is 88.7 cm³/mol. The normalized spacial score (nSPS) is 10.2. The van der Waals surface area contributed by atoms with Crippen LogP contribution in [-0.2, 0) is 4.79 Å². The van der Waals surface area contributed by atoms with E-state index >= 15 is 0 Å². The molecule has 0 heterocycles. The van der Waals surface area contributed by atoms with E-state index in [1.54, 1.807) is 24.3 Å². The van der Waals surface area contributed by atoms with Crippen molar-refractivity contribution in [3.8, 4) is 5.75 Å². The van der Waals surface area contributed by atoms with Crippen LogP contribution >= 0.6 is 34.8 Å². The second kappa shape index (κ2) is 7.50. The number of nitrogens with zero attached hydrogens (tertiary/aromatic N) is 1. The van der Waals surface area contributed by atoms with Crippen molar-refractivity contribution < 1.29 is 14.5 Å². The van der Waals surface area contributed by atoms with Gasteiger partial charge in [-0.15, -0.1) is 0 Å². The van der Waals surface area contributed by atoms with Gasteiger partial charge in [-0.3, -0.25) is 14.9 Å². The Bertz CT molecular complexity index is 750. The van der Waals surface area contributed by atoms with Gasteiger partial charge in [0.25, 0.3) is 11.6 Å². The second-order valence-corrected chi connectivity index (χ2v) is 5.58. The Morgan fingerprint density at radius 2 is 1.78 bits per heavy atom. The largest absolute Gasteiger partial charge is 0.484 e. The fraction of sp³-hybridized carbons (Fsp3) is 0.0714. The van der Waals surface area contributed by atoms with E-state index in [1.807, 2.05) is 0 Å². The molecule has 0 aliphatic heterocycles. The van der Waals surface area contributed by atoms with Gasteiger partial charge in [0.2, 0.25) is 0 Å². The van der Waals surface area contributed by atoms with Gasteiger partial charge in [-0.25, -0.2) is 0 Å². The molecule has 0 saturated carbocycles. The molecule has 2 rings (SSSR count). The molecule has 0 aliphatic rings. The van der Waals surface area contributed by atoms with E-state index in [-0.39, 0.29) is 28.0 Å². The molecule has 0 bridgehead atoms. The first kappa shape index (κ1) is 17.3. The van der Waals surface area contributed by atoms with Gasteiger partial charge in [0, 0.05) is 11.1 Å². The summed E-state index contributed by atoms with van der Waals surface area (Å²) in [7, 11) is 0. The molecule has 0 aliphatic carbocycles. The molecule has 0 atom stereocenters. The Hall–Kier alpha value is -2.02. The lowest BCUT2D eigenvalue weighted by atomic mass is 10.2. The minimum absolute atomic E-state index is 0.000873. The lowest BCUT2D eigenvalue weighted by Crippen LogP contribution is -2.20. The number of nitro groups is 1. The molecule has 0 aromatic heterocycles. The van der Waals surface area contributed by atoms with Crippen molar-refractivity contribution in [2.75, 3.05) is 11.9 Å². The van der Waals surface area contributed by atoms with E-state index in [4.69, 9.17) is 39.5 Å². The molecular formula is C14H9Cl3N2O4. The fourth-order valence-electron chi connectivity index (χ4n) is 1.64. The van der Waals surface area contributed by atoms with Gasteiger partial charge < -0.3 is 10.1 Å². The predicted octanol–water partition coefficient (Wildman–Crippen LogP) is 4.57. The third-order valence-electron chi connectivity index (χ3n) is 2.69. The number of hydrogen-bond donors (Lipinski definition) is 1. The Labute approximate surface area is 146 Å². The van der Waals surface area contributed by atoms with Gasteiger partial charge in [-0.2, -0.15) is 0 Å². The summed E-state index contributed by atoms with van der Waals surface area (Å²) >= 11 is 17.4. The van der Waals surface area contributed by atoms with Crippen LogP contribution < -0.4 is 10.1 Å². The molecule has 0 fully saturated rings. The van der Waals surface area contributed by atoms with E-state index in [1.165, 1.54) is 6.07 Å². The van der Waals surface area contributed by atoms with E-state index in [2.05, 4.69) is 5.32 Å². The fourth-order valence-corrected chi connectivity index (χ4v) is 2.20. The van der Waals surface area contributed by atoms with Gasteiger partial charge >= 0.3 is 0 Å². The maximum Gasteiger partial charge on any atom is 0.289 e. The number of anilines is 1. The van der Waals surface area contributed by atoms with Crippen molar-refractivity contribution in [1.29, 1.82) is 0 Å². The Balaban J connectivity index is 2.01. The first-order chi connectivity index (χ1) is 10.9. The van der Waals surface area contributed by atoms with Crippen LogP contribution in [0.15, 0.2) is 36.4 Å². The molecule has 23 heavy (non-hydrogen) atoms. The van der Waals surface area contributed by atoms with Crippen molar-refractivity contribution in [3.63, 3.8) is 0 Å². The summed E-state index contributed by atoms with van der Waals surface area (Å²) in [6.45, 7) is -0.271. The molecule has 0 radical (unpaired) electrons. The van der Waals surface area contributed by atoms with Crippen molar-refractivity contribution in [3.05, 3.63) is 61.6 Å². The van der Waals surface area contributed by atoms with Crippen molar-refractivity contribution in [2.24, 2.45) is 0 Å². The SMILES string of the molecule is O=C(COc1ccc(Cl)cc1)Nc1cc(Cl)c([N+](=O)[O-])cc1Cl. The van der Waals surface area contributed by atoms with Crippen molar-refractivity contribution in [2.45, 2.75) is 0 Å². The Kier molecular flexibility index (Phi) is 5.65. The molecule has 0 saturated heterocycles. The average Bonchev–Trinajstić information content (AvgIpc) is 2.49. The number of benzene rings is 2. The molecule has 2 aromatic rings. The zero-order valence-electron chi connectivity index (χ0n) is 11.4. The number of amides is 1. The van der Waals surface area contributed by atoms with Crippen molar-refractivity contribution in [1.82, 2.24) is 0 Å². The van der Waals surface area contributed by atoms with Crippen LogP contribution in [0.3, 0.4) is 0 Å². The molecule has 1 amide bonds. The standard InChI is InChI=1S/C14H9Cl3N2O4/c15-8-1-3-9(4-2-8)23-7-14(20)18-12-5-11(17)13(19(21)22)6-10(12)16/h1-6H,7H2,(H,18,20). The highest BCUT2D eigenvalue weighted by Crippen LogP contribution is 2.33. The molecule has 0 unspecified atom stereocenters. The maximum atomic E-state index is 11.8. The monoisotopic (exact) mass is 374 g/mol. The van der Waals surface area contributed by atoms with Gasteiger partial charge in [0.1, 0.15) is 10.8 Å². The summed E-state index contributed by atoms with van der Waals surface area (Å²) in [5, 5.41) is 13.6. The van der Waals surface area contributed by atoms with Gasteiger partial charge in [0.05, 0.1) is 15.6 Å². The first-order valence-corrected chi connectivity index (χ1v) is 7.32. The summed E-state index contributed by atoms with van der Waals surface area (Å²) in [6, 6.07) is 8.77. The molecule has 9 heteroatoms. The number of ether oxygens (including phenoxy) is 1. The Morgan fingerprint density at radius 3 is 2.39 bits per heavy atom. The zero-order valence-corrected chi connectivity index (χ0v) is 13.7. The summed E-state index contributed by atoms with van der Waals surface area (Å²) in [4.78, 5) is 21.9. The molecule has 2 aromatic carbocycles. The number of halogens is 3. The number of nitro benzene ring substituents is 1. The number of carbonyl (C=O) groups excluding carboxylic acids is 1. The molecule has 6 nitrogen and oxygen atoms in total. The lowest BCUT2D eigenvalue weighted by molar-refractivity contribution is -0.384. The summed E-state index contributed by atoms with van der Waals surface area (Å²) in [6.07, 6.45) is 0. The molecule has 120 valence electrons. The molecular weight excluding hydrogens is 367 g/mol. The highest BCUT2D eigenvalue weighted by atomic mass is 35.5. The third kappa shape index (κ3) is 4.72. The lowest BCUT2D eigenvalue weighted by Gasteiger charge is -2.09. The van der Waals surface area contributed by atoms with Gasteiger partial charge in [-0.05, 0) is 30.3 Å². The second-order valence-electron chi connectivity index (χ2n) is 4.33. The zero-order chi connectivity index (χ0) is 17.0. The highest BCUT2D eigenvalue weighted by Gasteiger charge is 2.17. The van der Waals surface area contributed by atoms with Crippen LogP contribution in [0.5, 0.6) is 5.75 Å². The number of hydrogen-bond acceptors (Lipinski definition) is 4. The number of carbonyl (C=O) groups is 1. The number of rotatable bonds is 5. The van der Waals surface area contributed by atoms with Crippen LogP contribution in [0, 0.1) is 10.1 Å². The van der Waals surface area contributed by atoms with Crippen LogP contribution in [0.25, 0.3) is 0 Å². The van der Waals surface area contributed by atoms with E-state index in [0.717, 1.165) is 6.07 Å². The van der Waals surface area contributed by atoms with Crippen LogP contribution in [-0.4, -0.2) is 17.4 Å². The average molecular weight is 376 g/mol. The van der Waals surface area contributed by atoms with Crippen LogP contribution in [0.2, 0.25) is 15.1 Å². The van der Waals surface area contributed by atoms with Crippen LogP contribution in [0.1, 0.15) is 0 Å². The minimum atomic E-state index is -0.663. The minimum Gasteiger partial charge on any atom is -0.484 e. The quantitative estimate of drug-likeness (QED) is 0.613. The van der Waals surface area contributed by atoms with Gasteiger partial charge in [-0.1, -0.05) is 34.8 Å². The third-order valence-corrected chi connectivity index (χ3v) is 3.56. The van der Waals surface area contributed by atoms with E-state index in [0.29, 0.717) is 10.8 Å². The smallest absolute Gasteiger partial charge is 0.289 e. The highest BCUT2D eigenvalue weighted by molar-refractivity contribution is 6.37. The van der Waals surface area contributed by atoms with Crippen molar-refractivity contribution >= 4 is 52.1 Å². The molecule has 0 spiro atoms. The summed E-state index contributed by atoms with van der Waals surface area (Å²) in [5.41, 5.74) is -0.181. The van der Waals surface area contributed by atoms with Gasteiger partial charge in [0.15, 0.2) is 6.61 Å². The van der Waals surface area contributed by atoms with Crippen LogP contribution in [0.4, 0.5) is 11.4 Å². The maximum absolute atomic E-state index is 11.8. The summed E-state index contributed by atoms with van der Waals surface area (Å²) in [5.74, 6) is -0.0239.